The number of hydrogen-bond donors (Lipinski definition) is 1. The Morgan fingerprint density at radius 2 is 1.73 bits per heavy atom. The molecule has 5 rings (SSSR count). The van der Waals surface area contributed by atoms with Gasteiger partial charge in [-0.25, -0.2) is 17.7 Å². The van der Waals surface area contributed by atoms with Gasteiger partial charge in [0, 0.05) is 19.6 Å². The summed E-state index contributed by atoms with van der Waals surface area (Å²) in [6, 6.07) is 6.42. The molecule has 2 aliphatic heterocycles. The Labute approximate surface area is 246 Å². The van der Waals surface area contributed by atoms with Crippen LogP contribution < -0.4 is 10.1 Å². The summed E-state index contributed by atoms with van der Waals surface area (Å²) in [7, 11) is -3.07. The lowest BCUT2D eigenvalue weighted by molar-refractivity contribution is -0.106. The third kappa shape index (κ3) is 11.8. The molecule has 3 aliphatic rings. The van der Waals surface area contributed by atoms with E-state index in [-0.39, 0.29) is 18.8 Å². The van der Waals surface area contributed by atoms with Crippen molar-refractivity contribution in [3.8, 4) is 5.19 Å². The number of ether oxygens (including phenoxy) is 1. The Morgan fingerprint density at radius 3 is 2.23 bits per heavy atom. The average molecular weight is 598 g/mol. The zero-order valence-corrected chi connectivity index (χ0v) is 25.9. The van der Waals surface area contributed by atoms with Crippen molar-refractivity contribution in [2.75, 3.05) is 26.2 Å². The molecule has 1 saturated heterocycles. The molecule has 0 bridgehead atoms. The van der Waals surface area contributed by atoms with Crippen molar-refractivity contribution in [1.82, 2.24) is 14.6 Å². The molecule has 0 spiro atoms. The number of thiazole rings is 1. The number of carbonyl (C=O) groups is 2. The topological polar surface area (TPSA) is 106 Å². The number of unbranched alkanes of at least 4 members (excludes halogenated alkanes) is 1. The van der Waals surface area contributed by atoms with Crippen LogP contribution in [0.1, 0.15) is 92.6 Å². The van der Waals surface area contributed by atoms with Crippen LogP contribution in [0.4, 0.5) is 0 Å². The summed E-state index contributed by atoms with van der Waals surface area (Å²) in [6.45, 7) is 14.9. The predicted octanol–water partition coefficient (Wildman–Crippen LogP) is 6.50. The zero-order chi connectivity index (χ0) is 29.3. The van der Waals surface area contributed by atoms with E-state index in [9.17, 15) is 8.42 Å². The number of sulfonamides is 1. The number of nitrogens with one attached hydrogen (secondary N) is 1. The number of nitrogens with zero attached hydrogens (tertiary/aromatic N) is 2. The first-order valence-corrected chi connectivity index (χ1v) is 16.4. The molecule has 2 fully saturated rings. The van der Waals surface area contributed by atoms with E-state index < -0.39 is 10.0 Å². The molecule has 0 radical (unpaired) electrons. The zero-order valence-electron chi connectivity index (χ0n) is 24.3. The van der Waals surface area contributed by atoms with Gasteiger partial charge >= 0.3 is 0 Å². The molecule has 0 unspecified atom stereocenters. The molecule has 1 saturated carbocycles. The minimum Gasteiger partial charge on any atom is -0.467 e. The van der Waals surface area contributed by atoms with Gasteiger partial charge in [0.2, 0.25) is 10.0 Å². The number of piperidine rings is 1. The Kier molecular flexibility index (Phi) is 19.6. The van der Waals surface area contributed by atoms with E-state index in [0.29, 0.717) is 18.3 Å². The van der Waals surface area contributed by atoms with Crippen LogP contribution in [0.5, 0.6) is 5.19 Å². The number of aromatic nitrogens is 1. The van der Waals surface area contributed by atoms with Gasteiger partial charge in [0.1, 0.15) is 19.2 Å². The fourth-order valence-corrected chi connectivity index (χ4v) is 6.76. The minimum atomic E-state index is -3.07. The fraction of sp³-hybridized carbons (Fsp3) is 0.633. The first kappa shape index (κ1) is 37.9. The molecule has 1 N–H and O–H groups in total. The molecule has 40 heavy (non-hydrogen) atoms. The van der Waals surface area contributed by atoms with Crippen LogP contribution in [0.2, 0.25) is 0 Å². The van der Waals surface area contributed by atoms with Crippen LogP contribution in [-0.2, 0) is 19.6 Å². The van der Waals surface area contributed by atoms with Crippen molar-refractivity contribution in [2.24, 2.45) is 0 Å². The summed E-state index contributed by atoms with van der Waals surface area (Å²) in [5, 5.41) is 3.91. The monoisotopic (exact) mass is 597 g/mol. The van der Waals surface area contributed by atoms with E-state index in [4.69, 9.17) is 14.3 Å². The number of aldehydes is 1. The molecular formula is C30H51N3O5S2. The van der Waals surface area contributed by atoms with Gasteiger partial charge in [-0.3, -0.25) is 0 Å². The van der Waals surface area contributed by atoms with Crippen LogP contribution in [0.25, 0.3) is 15.8 Å². The summed E-state index contributed by atoms with van der Waals surface area (Å²) in [5.74, 6) is 0. The first-order valence-electron chi connectivity index (χ1n) is 14.1. The summed E-state index contributed by atoms with van der Waals surface area (Å²) >= 11 is 1.58. The Morgan fingerprint density at radius 1 is 1.12 bits per heavy atom. The van der Waals surface area contributed by atoms with Crippen LogP contribution in [-0.4, -0.2) is 68.3 Å². The van der Waals surface area contributed by atoms with Crippen molar-refractivity contribution in [2.45, 2.75) is 98.3 Å². The van der Waals surface area contributed by atoms with Crippen molar-refractivity contribution in [1.29, 1.82) is 0 Å². The van der Waals surface area contributed by atoms with Gasteiger partial charge in [0.05, 0.1) is 15.5 Å². The van der Waals surface area contributed by atoms with Gasteiger partial charge in [-0.15, -0.1) is 0 Å². The van der Waals surface area contributed by atoms with Gasteiger partial charge < -0.3 is 19.6 Å². The molecule has 10 heteroatoms. The van der Waals surface area contributed by atoms with Crippen molar-refractivity contribution in [3.05, 3.63) is 29.8 Å². The van der Waals surface area contributed by atoms with Gasteiger partial charge in [0.25, 0.3) is 5.19 Å². The summed E-state index contributed by atoms with van der Waals surface area (Å²) in [4.78, 5) is 21.4. The normalized spacial score (nSPS) is 17.0. The maximum atomic E-state index is 12.4. The highest BCUT2D eigenvalue weighted by atomic mass is 32.2. The highest BCUT2D eigenvalue weighted by molar-refractivity contribution is 7.90. The molecule has 8 nitrogen and oxygen atoms in total. The van der Waals surface area contributed by atoms with Crippen molar-refractivity contribution in [3.63, 3.8) is 0 Å². The van der Waals surface area contributed by atoms with Crippen molar-refractivity contribution < 1.29 is 22.7 Å². The minimum absolute atomic E-state index is 0. The van der Waals surface area contributed by atoms with Crippen LogP contribution in [0.3, 0.4) is 0 Å². The van der Waals surface area contributed by atoms with Crippen LogP contribution in [0.15, 0.2) is 24.3 Å². The van der Waals surface area contributed by atoms with Crippen LogP contribution in [0, 0.1) is 0 Å². The number of hydrogen-bond acceptors (Lipinski definition) is 8. The SMILES string of the molecule is C.C=O.CC.CC=O.CCCC.O=S(=O)(C1CC1)N1CCC(Oc2nc3ccc(C4=CCNCC4)cc3s2)CC1. The predicted molar refractivity (Wildman–Crippen MR) is 170 cm³/mol. The van der Waals surface area contributed by atoms with Gasteiger partial charge in [-0.05, 0) is 68.8 Å². The third-order valence-electron chi connectivity index (χ3n) is 6.28. The lowest BCUT2D eigenvalue weighted by Crippen LogP contribution is -2.43. The molecule has 0 amide bonds. The quantitative estimate of drug-likeness (QED) is 0.379. The molecule has 3 heterocycles. The molecule has 228 valence electrons. The highest BCUT2D eigenvalue weighted by Crippen LogP contribution is 2.35. The fourth-order valence-electron chi connectivity index (χ4n) is 3.96. The lowest BCUT2D eigenvalue weighted by atomic mass is 10.0. The Bertz CT molecular complexity index is 1100. The summed E-state index contributed by atoms with van der Waals surface area (Å²) < 4.78 is 33.6. The molecule has 0 atom stereocenters. The third-order valence-corrected chi connectivity index (χ3v) is 9.59. The van der Waals surface area contributed by atoms with E-state index in [0.717, 1.165) is 61.7 Å². The number of rotatable bonds is 6. The Hall–Kier alpha value is -2.14. The van der Waals surface area contributed by atoms with Crippen molar-refractivity contribution >= 4 is 50.2 Å². The lowest BCUT2D eigenvalue weighted by Gasteiger charge is -2.30. The first-order chi connectivity index (χ1) is 18.9. The largest absolute Gasteiger partial charge is 0.467 e. The molecule has 1 aromatic carbocycles. The second-order valence-corrected chi connectivity index (χ2v) is 12.2. The van der Waals surface area contributed by atoms with Crippen LogP contribution >= 0.6 is 11.3 Å². The second kappa shape index (κ2) is 20.7. The van der Waals surface area contributed by atoms with Gasteiger partial charge in [-0.2, -0.15) is 0 Å². The number of fused-ring (bicyclic) bond motifs is 1. The molecule has 1 aromatic heterocycles. The van der Waals surface area contributed by atoms with E-state index in [2.05, 4.69) is 48.4 Å². The molecular weight excluding hydrogens is 546 g/mol. The summed E-state index contributed by atoms with van der Waals surface area (Å²) in [6.07, 6.45) is 9.83. The maximum absolute atomic E-state index is 12.4. The van der Waals surface area contributed by atoms with E-state index in [1.807, 2.05) is 20.6 Å². The van der Waals surface area contributed by atoms with Gasteiger partial charge in [0.15, 0.2) is 0 Å². The number of carbonyl (C=O) groups excluding carboxylic acids is 2. The second-order valence-electron chi connectivity index (χ2n) is 9.04. The van der Waals surface area contributed by atoms with E-state index >= 15 is 0 Å². The van der Waals surface area contributed by atoms with E-state index in [1.54, 1.807) is 15.6 Å². The summed E-state index contributed by atoms with van der Waals surface area (Å²) in [5.41, 5.74) is 3.62. The number of benzene rings is 1. The Balaban J connectivity index is 0.00000111. The smallest absolute Gasteiger partial charge is 0.274 e. The standard InChI is InChI=1S/C20H25N3O3S2.C4H10.C2H4O.C2H6.CH2O.CH4/c24-28(25,17-2-3-17)23-11-7-16(8-12-23)26-20-22-18-4-1-15(13-19(18)27-20)14-5-9-21-10-6-14;1-3-4-2;1-2-3;2*1-2;/h1,4-5,13,16-17,21H,2-3,6-12H2;3-4H2,1-2H3;2H,1H3;1-2H3;1H2;1H4. The maximum Gasteiger partial charge on any atom is 0.274 e. The van der Waals surface area contributed by atoms with E-state index in [1.165, 1.54) is 30.9 Å². The highest BCUT2D eigenvalue weighted by Gasteiger charge is 2.41. The average Bonchev–Trinajstić information content (AvgIpc) is 3.77. The van der Waals surface area contributed by atoms with Gasteiger partial charge in [-0.1, -0.05) is 71.4 Å². The molecule has 1 aliphatic carbocycles. The molecule has 2 aromatic rings.